The quantitative estimate of drug-likeness (QED) is 0.456. The zero-order chi connectivity index (χ0) is 13.3. The molecule has 1 aromatic carbocycles. The van der Waals surface area contributed by atoms with E-state index in [1.165, 1.54) is 12.1 Å². The minimum absolute atomic E-state index is 0.00283. The highest BCUT2D eigenvalue weighted by molar-refractivity contribution is 9.10. The van der Waals surface area contributed by atoms with Gasteiger partial charge in [-0.1, -0.05) is 31.9 Å². The number of nitrogens with zero attached hydrogens (tertiary/aromatic N) is 1. The molecule has 0 spiro atoms. The minimum Gasteiger partial charge on any atom is -0.487 e. The van der Waals surface area contributed by atoms with Gasteiger partial charge in [-0.25, -0.2) is 0 Å². The Bertz CT molecular complexity index is 468. The van der Waals surface area contributed by atoms with Gasteiger partial charge in [0.2, 0.25) is 0 Å². The second-order valence-electron chi connectivity index (χ2n) is 4.01. The molecule has 0 radical (unpaired) electrons. The Morgan fingerprint density at radius 3 is 2.72 bits per heavy atom. The van der Waals surface area contributed by atoms with Crippen molar-refractivity contribution in [1.82, 2.24) is 0 Å². The lowest BCUT2D eigenvalue weighted by atomic mass is 9.91. The lowest BCUT2D eigenvalue weighted by molar-refractivity contribution is -0.385. The minimum atomic E-state index is -0.445. The van der Waals surface area contributed by atoms with E-state index in [1.807, 2.05) is 0 Å². The number of non-ortho nitro benzene ring substituents is 1. The van der Waals surface area contributed by atoms with E-state index in [0.29, 0.717) is 10.2 Å². The highest BCUT2D eigenvalue weighted by atomic mass is 79.9. The molecule has 18 heavy (non-hydrogen) atoms. The van der Waals surface area contributed by atoms with Crippen molar-refractivity contribution in [3.63, 3.8) is 0 Å². The normalized spacial score (nSPS) is 26.5. The number of nitro groups is 1. The summed E-state index contributed by atoms with van der Waals surface area (Å²) in [5.74, 6) is 0.475. The Kier molecular flexibility index (Phi) is 4.24. The number of ether oxygens (including phenoxy) is 2. The van der Waals surface area contributed by atoms with Crippen LogP contribution in [0.4, 0.5) is 5.69 Å². The predicted molar refractivity (Wildman–Crippen MR) is 73.3 cm³/mol. The molecule has 3 atom stereocenters. The number of benzene rings is 1. The number of rotatable bonds is 4. The number of methoxy groups -OCH3 is 1. The summed E-state index contributed by atoms with van der Waals surface area (Å²) in [4.78, 5) is 10.6. The Balaban J connectivity index is 2.12. The van der Waals surface area contributed by atoms with Gasteiger partial charge in [-0.05, 0) is 6.07 Å². The third kappa shape index (κ3) is 2.84. The molecule has 3 unspecified atom stereocenters. The summed E-state index contributed by atoms with van der Waals surface area (Å²) in [5.41, 5.74) is 0.00283. The van der Waals surface area contributed by atoms with Gasteiger partial charge in [0.1, 0.15) is 18.0 Å². The number of halogens is 2. The van der Waals surface area contributed by atoms with Crippen LogP contribution in [-0.4, -0.2) is 29.1 Å². The van der Waals surface area contributed by atoms with Crippen LogP contribution in [0.25, 0.3) is 0 Å². The number of alkyl halides is 1. The Hall–Kier alpha value is -0.660. The largest absolute Gasteiger partial charge is 0.487 e. The fourth-order valence-electron chi connectivity index (χ4n) is 1.84. The van der Waals surface area contributed by atoms with Gasteiger partial charge in [-0.2, -0.15) is 0 Å². The maximum absolute atomic E-state index is 10.7. The average molecular weight is 381 g/mol. The molecule has 98 valence electrons. The van der Waals surface area contributed by atoms with Crippen LogP contribution in [-0.2, 0) is 4.74 Å². The van der Waals surface area contributed by atoms with Crippen molar-refractivity contribution in [3.8, 4) is 5.75 Å². The van der Waals surface area contributed by atoms with Crippen molar-refractivity contribution in [2.45, 2.75) is 23.5 Å². The summed E-state index contributed by atoms with van der Waals surface area (Å²) >= 11 is 6.70. The number of hydrogen-bond donors (Lipinski definition) is 0. The summed E-state index contributed by atoms with van der Waals surface area (Å²) in [6.45, 7) is 0. The molecule has 7 heteroatoms. The van der Waals surface area contributed by atoms with Crippen molar-refractivity contribution in [1.29, 1.82) is 0 Å². The molecular formula is C11H11Br2NO4. The Morgan fingerprint density at radius 1 is 1.44 bits per heavy atom. The number of hydrogen-bond acceptors (Lipinski definition) is 4. The van der Waals surface area contributed by atoms with Crippen LogP contribution in [0.2, 0.25) is 0 Å². The Morgan fingerprint density at radius 2 is 2.17 bits per heavy atom. The molecular weight excluding hydrogens is 370 g/mol. The molecule has 1 aromatic rings. The van der Waals surface area contributed by atoms with Crippen molar-refractivity contribution in [2.75, 3.05) is 7.11 Å². The topological polar surface area (TPSA) is 61.6 Å². The molecule has 0 heterocycles. The fraction of sp³-hybridized carbons (Fsp3) is 0.455. The van der Waals surface area contributed by atoms with Crippen molar-refractivity contribution in [3.05, 3.63) is 32.8 Å². The summed E-state index contributed by atoms with van der Waals surface area (Å²) < 4.78 is 11.6. The summed E-state index contributed by atoms with van der Waals surface area (Å²) in [5, 5.41) is 10.7. The van der Waals surface area contributed by atoms with Crippen LogP contribution in [0.15, 0.2) is 22.7 Å². The van der Waals surface area contributed by atoms with Crippen LogP contribution >= 0.6 is 31.9 Å². The highest BCUT2D eigenvalue weighted by Crippen LogP contribution is 2.35. The van der Waals surface area contributed by atoms with E-state index < -0.39 is 4.92 Å². The number of nitro benzene ring substituents is 1. The van der Waals surface area contributed by atoms with E-state index in [4.69, 9.17) is 9.47 Å². The van der Waals surface area contributed by atoms with E-state index in [2.05, 4.69) is 31.9 Å². The molecule has 0 bridgehead atoms. The predicted octanol–water partition coefficient (Wildman–Crippen LogP) is 3.29. The smallest absolute Gasteiger partial charge is 0.274 e. The first kappa shape index (κ1) is 13.8. The lowest BCUT2D eigenvalue weighted by Crippen LogP contribution is -2.51. The van der Waals surface area contributed by atoms with Gasteiger partial charge in [-0.15, -0.1) is 0 Å². The zero-order valence-electron chi connectivity index (χ0n) is 9.51. The van der Waals surface area contributed by atoms with Gasteiger partial charge < -0.3 is 9.47 Å². The monoisotopic (exact) mass is 379 g/mol. The molecule has 5 nitrogen and oxygen atoms in total. The van der Waals surface area contributed by atoms with Crippen molar-refractivity contribution >= 4 is 37.5 Å². The molecule has 0 aliphatic heterocycles. The first-order chi connectivity index (χ1) is 8.51. The third-order valence-corrected chi connectivity index (χ3v) is 4.16. The van der Waals surface area contributed by atoms with Crippen LogP contribution in [0.5, 0.6) is 5.75 Å². The fourth-order valence-corrected chi connectivity index (χ4v) is 3.22. The molecule has 0 N–H and O–H groups in total. The van der Waals surface area contributed by atoms with Gasteiger partial charge in [0, 0.05) is 28.9 Å². The van der Waals surface area contributed by atoms with Gasteiger partial charge in [0.15, 0.2) is 0 Å². The van der Waals surface area contributed by atoms with Crippen molar-refractivity contribution in [2.24, 2.45) is 0 Å². The van der Waals surface area contributed by atoms with Gasteiger partial charge in [-0.3, -0.25) is 10.1 Å². The molecule has 0 aromatic heterocycles. The SMILES string of the molecule is COC1C(Br)CC1Oc1cc(Br)cc([N+](=O)[O-])c1. The van der Waals surface area contributed by atoms with Gasteiger partial charge in [0.05, 0.1) is 11.0 Å². The maximum Gasteiger partial charge on any atom is 0.274 e. The maximum atomic E-state index is 10.7. The molecule has 0 amide bonds. The molecule has 0 saturated heterocycles. The van der Waals surface area contributed by atoms with E-state index in [-0.39, 0.29) is 22.7 Å². The highest BCUT2D eigenvalue weighted by Gasteiger charge is 2.41. The van der Waals surface area contributed by atoms with E-state index >= 15 is 0 Å². The molecule has 1 aliphatic carbocycles. The Labute approximate surface area is 121 Å². The molecule has 2 rings (SSSR count). The van der Waals surface area contributed by atoms with E-state index in [1.54, 1.807) is 13.2 Å². The standard InChI is InChI=1S/C11H11Br2NO4/c1-17-11-9(13)5-10(11)18-8-3-6(12)2-7(4-8)14(15)16/h2-4,9-11H,5H2,1H3. The van der Waals surface area contributed by atoms with E-state index in [0.717, 1.165) is 6.42 Å². The molecule has 1 saturated carbocycles. The first-order valence-electron chi connectivity index (χ1n) is 5.29. The van der Waals surface area contributed by atoms with E-state index in [9.17, 15) is 10.1 Å². The molecule has 1 fully saturated rings. The molecule has 1 aliphatic rings. The summed E-state index contributed by atoms with van der Waals surface area (Å²) in [6.07, 6.45) is 0.718. The third-order valence-electron chi connectivity index (χ3n) is 2.81. The van der Waals surface area contributed by atoms with Crippen LogP contribution in [0.1, 0.15) is 6.42 Å². The summed E-state index contributed by atoms with van der Waals surface area (Å²) in [7, 11) is 1.62. The first-order valence-corrected chi connectivity index (χ1v) is 7.00. The van der Waals surface area contributed by atoms with Gasteiger partial charge >= 0.3 is 0 Å². The van der Waals surface area contributed by atoms with Gasteiger partial charge in [0.25, 0.3) is 5.69 Å². The van der Waals surface area contributed by atoms with Crippen LogP contribution in [0.3, 0.4) is 0 Å². The average Bonchev–Trinajstić information content (AvgIpc) is 2.27. The zero-order valence-corrected chi connectivity index (χ0v) is 12.7. The lowest BCUT2D eigenvalue weighted by Gasteiger charge is -2.40. The summed E-state index contributed by atoms with van der Waals surface area (Å²) in [6, 6.07) is 4.56. The second kappa shape index (κ2) is 5.54. The second-order valence-corrected chi connectivity index (χ2v) is 6.10. The van der Waals surface area contributed by atoms with Crippen LogP contribution < -0.4 is 4.74 Å². The van der Waals surface area contributed by atoms with Crippen molar-refractivity contribution < 1.29 is 14.4 Å². The van der Waals surface area contributed by atoms with Crippen LogP contribution in [0, 0.1) is 10.1 Å².